The Morgan fingerprint density at radius 1 is 1.39 bits per heavy atom. The Bertz CT molecular complexity index is 401. The van der Waals surface area contributed by atoms with Crippen LogP contribution in [0, 0.1) is 0 Å². The number of nitrogen functional groups attached to an aromatic ring is 1. The van der Waals surface area contributed by atoms with Crippen molar-refractivity contribution in [2.75, 3.05) is 12.3 Å². The Labute approximate surface area is 116 Å². The van der Waals surface area contributed by atoms with Gasteiger partial charge in [-0.25, -0.2) is 0 Å². The molecule has 5 heteroatoms. The molecule has 1 spiro atoms. The zero-order valence-electron chi connectivity index (χ0n) is 10.6. The van der Waals surface area contributed by atoms with Crippen LogP contribution in [-0.4, -0.2) is 22.0 Å². The molecule has 1 aliphatic heterocycles. The van der Waals surface area contributed by atoms with Gasteiger partial charge < -0.3 is 10.5 Å². The van der Waals surface area contributed by atoms with E-state index in [1.165, 1.54) is 32.1 Å². The number of nitrogens with two attached hydrogens (primary N) is 1. The van der Waals surface area contributed by atoms with Gasteiger partial charge in [0.25, 0.3) is 0 Å². The molecule has 2 heterocycles. The maximum atomic E-state index is 6.11. The number of hydrogen-bond donors (Lipinski definition) is 1. The van der Waals surface area contributed by atoms with Gasteiger partial charge in [-0.15, -0.1) is 0 Å². The van der Waals surface area contributed by atoms with Crippen LogP contribution < -0.4 is 5.73 Å². The number of anilines is 1. The van der Waals surface area contributed by atoms with Crippen molar-refractivity contribution in [1.29, 1.82) is 0 Å². The number of aromatic nitrogens is 2. The van der Waals surface area contributed by atoms with E-state index in [0.29, 0.717) is 11.9 Å². The van der Waals surface area contributed by atoms with Crippen LogP contribution in [-0.2, 0) is 4.74 Å². The topological polar surface area (TPSA) is 53.1 Å². The van der Waals surface area contributed by atoms with E-state index in [0.717, 1.165) is 23.9 Å². The first-order valence-electron chi connectivity index (χ1n) is 6.83. The Morgan fingerprint density at radius 3 is 2.83 bits per heavy atom. The molecule has 3 rings (SSSR count). The fourth-order valence-electron chi connectivity index (χ4n) is 3.34. The molecular weight excluding hydrogens is 294 g/mol. The van der Waals surface area contributed by atoms with Crippen molar-refractivity contribution in [2.45, 2.75) is 56.6 Å². The summed E-state index contributed by atoms with van der Waals surface area (Å²) in [6, 6.07) is 0.436. The minimum atomic E-state index is 0.119. The number of hydrogen-bond acceptors (Lipinski definition) is 3. The minimum absolute atomic E-state index is 0.119. The number of ether oxygens (including phenoxy) is 1. The van der Waals surface area contributed by atoms with Crippen LogP contribution >= 0.6 is 15.9 Å². The Kier molecular flexibility index (Phi) is 3.36. The molecule has 0 aromatic carbocycles. The molecule has 18 heavy (non-hydrogen) atoms. The van der Waals surface area contributed by atoms with Crippen LogP contribution in [0.3, 0.4) is 0 Å². The van der Waals surface area contributed by atoms with E-state index in [1.54, 1.807) is 0 Å². The van der Waals surface area contributed by atoms with Gasteiger partial charge in [0.2, 0.25) is 0 Å². The molecular formula is C13H20BrN3O. The van der Waals surface area contributed by atoms with Crippen LogP contribution in [0.15, 0.2) is 10.7 Å². The van der Waals surface area contributed by atoms with E-state index in [2.05, 4.69) is 21.0 Å². The van der Waals surface area contributed by atoms with E-state index in [-0.39, 0.29) is 5.60 Å². The van der Waals surface area contributed by atoms with Crippen LogP contribution in [0.1, 0.15) is 51.0 Å². The van der Waals surface area contributed by atoms with Crippen LogP contribution in [0.2, 0.25) is 0 Å². The second-order valence-corrected chi connectivity index (χ2v) is 6.44. The number of rotatable bonds is 1. The Morgan fingerprint density at radius 2 is 2.17 bits per heavy atom. The highest BCUT2D eigenvalue weighted by Crippen LogP contribution is 2.42. The van der Waals surface area contributed by atoms with Gasteiger partial charge in [-0.2, -0.15) is 5.10 Å². The van der Waals surface area contributed by atoms with E-state index in [1.807, 2.05) is 10.9 Å². The highest BCUT2D eigenvalue weighted by molar-refractivity contribution is 9.10. The summed E-state index contributed by atoms with van der Waals surface area (Å²) in [4.78, 5) is 0. The lowest BCUT2D eigenvalue weighted by Crippen LogP contribution is -2.42. The number of halogens is 1. The quantitative estimate of drug-likeness (QED) is 0.865. The molecule has 1 aromatic heterocycles. The first-order valence-corrected chi connectivity index (χ1v) is 7.62. The maximum Gasteiger partial charge on any atom is 0.159 e. The van der Waals surface area contributed by atoms with E-state index in [4.69, 9.17) is 10.5 Å². The molecule has 100 valence electrons. The minimum Gasteiger partial charge on any atom is -0.381 e. The lowest BCUT2D eigenvalue weighted by molar-refractivity contribution is -0.115. The molecule has 0 bridgehead atoms. The van der Waals surface area contributed by atoms with Gasteiger partial charge in [0.15, 0.2) is 5.82 Å². The van der Waals surface area contributed by atoms with Crippen LogP contribution in [0.25, 0.3) is 0 Å². The summed E-state index contributed by atoms with van der Waals surface area (Å²) in [5.74, 6) is 0.583. The zero-order chi connectivity index (χ0) is 12.6. The zero-order valence-corrected chi connectivity index (χ0v) is 12.2. The van der Waals surface area contributed by atoms with Crippen molar-refractivity contribution in [2.24, 2.45) is 0 Å². The molecule has 1 atom stereocenters. The molecule has 2 N–H and O–H groups in total. The van der Waals surface area contributed by atoms with E-state index in [9.17, 15) is 0 Å². The average Bonchev–Trinajstić information content (AvgIpc) is 2.71. The summed E-state index contributed by atoms with van der Waals surface area (Å²) < 4.78 is 9.03. The monoisotopic (exact) mass is 313 g/mol. The summed E-state index contributed by atoms with van der Waals surface area (Å²) in [6.45, 7) is 0.849. The highest BCUT2D eigenvalue weighted by atomic mass is 79.9. The standard InChI is InChI=1S/C13H20BrN3O/c14-11-9-17(16-12(11)15)10-4-7-18-13(8-10)5-2-1-3-6-13/h9-10H,1-8H2,(H2,15,16). The predicted octanol–water partition coefficient (Wildman–Crippen LogP) is 3.28. The third-order valence-electron chi connectivity index (χ3n) is 4.32. The van der Waals surface area contributed by atoms with Gasteiger partial charge in [0.05, 0.1) is 16.1 Å². The van der Waals surface area contributed by atoms with E-state index >= 15 is 0 Å². The third kappa shape index (κ3) is 2.30. The van der Waals surface area contributed by atoms with Gasteiger partial charge in [0.1, 0.15) is 0 Å². The summed E-state index contributed by atoms with van der Waals surface area (Å²) in [7, 11) is 0. The van der Waals surface area contributed by atoms with Crippen molar-refractivity contribution < 1.29 is 4.74 Å². The van der Waals surface area contributed by atoms with Crippen molar-refractivity contribution in [3.63, 3.8) is 0 Å². The molecule has 1 aromatic rings. The highest BCUT2D eigenvalue weighted by Gasteiger charge is 2.39. The predicted molar refractivity (Wildman–Crippen MR) is 74.4 cm³/mol. The Hall–Kier alpha value is -0.550. The molecule has 1 saturated heterocycles. The second-order valence-electron chi connectivity index (χ2n) is 5.58. The van der Waals surface area contributed by atoms with Gasteiger partial charge in [-0.05, 0) is 41.6 Å². The van der Waals surface area contributed by atoms with Gasteiger partial charge >= 0.3 is 0 Å². The lowest BCUT2D eigenvalue weighted by atomic mass is 9.78. The first-order chi connectivity index (χ1) is 8.69. The molecule has 0 amide bonds. The van der Waals surface area contributed by atoms with E-state index < -0.39 is 0 Å². The normalized spacial score (nSPS) is 27.5. The van der Waals surface area contributed by atoms with Gasteiger partial charge in [-0.1, -0.05) is 19.3 Å². The third-order valence-corrected chi connectivity index (χ3v) is 4.93. The number of nitrogens with zero attached hydrogens (tertiary/aromatic N) is 2. The smallest absolute Gasteiger partial charge is 0.159 e. The molecule has 1 unspecified atom stereocenters. The van der Waals surface area contributed by atoms with Crippen LogP contribution in [0.5, 0.6) is 0 Å². The molecule has 2 fully saturated rings. The van der Waals surface area contributed by atoms with Gasteiger partial charge in [-0.3, -0.25) is 4.68 Å². The maximum absolute atomic E-state index is 6.11. The SMILES string of the molecule is Nc1nn(C2CCOC3(CCCCC3)C2)cc1Br. The molecule has 0 radical (unpaired) electrons. The molecule has 1 saturated carbocycles. The summed E-state index contributed by atoms with van der Waals surface area (Å²) in [5, 5.41) is 4.40. The van der Waals surface area contributed by atoms with Gasteiger partial charge in [0, 0.05) is 12.8 Å². The second kappa shape index (κ2) is 4.85. The summed E-state index contributed by atoms with van der Waals surface area (Å²) >= 11 is 3.43. The van der Waals surface area contributed by atoms with Crippen molar-refractivity contribution in [1.82, 2.24) is 9.78 Å². The average molecular weight is 314 g/mol. The Balaban J connectivity index is 1.77. The van der Waals surface area contributed by atoms with Crippen molar-refractivity contribution in [3.05, 3.63) is 10.7 Å². The molecule has 1 aliphatic carbocycles. The summed E-state index contributed by atoms with van der Waals surface area (Å²) in [6.07, 6.45) is 10.5. The van der Waals surface area contributed by atoms with Crippen LogP contribution in [0.4, 0.5) is 5.82 Å². The van der Waals surface area contributed by atoms with Crippen molar-refractivity contribution in [3.8, 4) is 0 Å². The molecule has 2 aliphatic rings. The largest absolute Gasteiger partial charge is 0.381 e. The summed E-state index contributed by atoms with van der Waals surface area (Å²) in [5.41, 5.74) is 5.93. The molecule has 4 nitrogen and oxygen atoms in total. The fourth-order valence-corrected chi connectivity index (χ4v) is 3.63. The lowest BCUT2D eigenvalue weighted by Gasteiger charge is -2.43. The fraction of sp³-hybridized carbons (Fsp3) is 0.769. The van der Waals surface area contributed by atoms with Crippen molar-refractivity contribution >= 4 is 21.7 Å². The first kappa shape index (κ1) is 12.5.